The van der Waals surface area contributed by atoms with E-state index in [-0.39, 0.29) is 5.56 Å². The molecule has 2 rings (SSSR count). The number of hydrogen-bond acceptors (Lipinski definition) is 4. The van der Waals surface area contributed by atoms with Crippen LogP contribution in [0.5, 0.6) is 0 Å². The Balaban J connectivity index is 2.04. The van der Waals surface area contributed by atoms with Gasteiger partial charge in [-0.2, -0.15) is 5.26 Å². The number of amides is 1. The molecule has 0 radical (unpaired) electrons. The van der Waals surface area contributed by atoms with Crippen LogP contribution in [0.25, 0.3) is 0 Å². The van der Waals surface area contributed by atoms with Gasteiger partial charge in [0.15, 0.2) is 6.10 Å². The Hall–Kier alpha value is -2.55. The van der Waals surface area contributed by atoms with Gasteiger partial charge in [-0.25, -0.2) is 4.79 Å². The summed E-state index contributed by atoms with van der Waals surface area (Å²) in [6.07, 6.45) is -1.06. The predicted octanol–water partition coefficient (Wildman–Crippen LogP) is 4.05. The normalized spacial score (nSPS) is 11.2. The van der Waals surface area contributed by atoms with Crippen molar-refractivity contribution in [1.82, 2.24) is 0 Å². The van der Waals surface area contributed by atoms with E-state index in [0.717, 1.165) is 0 Å². The second kappa shape index (κ2) is 7.82. The molecular formula is C17H12Cl2N2O3. The highest BCUT2D eigenvalue weighted by Crippen LogP contribution is 2.25. The molecule has 0 aliphatic rings. The van der Waals surface area contributed by atoms with Crippen molar-refractivity contribution in [2.75, 3.05) is 5.32 Å². The first-order valence-corrected chi connectivity index (χ1v) is 7.63. The molecule has 0 bridgehead atoms. The average molecular weight is 363 g/mol. The molecule has 0 heterocycles. The number of carbonyl (C=O) groups is 2. The predicted molar refractivity (Wildman–Crippen MR) is 91.1 cm³/mol. The molecule has 1 atom stereocenters. The van der Waals surface area contributed by atoms with E-state index >= 15 is 0 Å². The topological polar surface area (TPSA) is 79.2 Å². The Morgan fingerprint density at radius 1 is 1.21 bits per heavy atom. The van der Waals surface area contributed by atoms with E-state index < -0.39 is 18.0 Å². The summed E-state index contributed by atoms with van der Waals surface area (Å²) in [5.41, 5.74) is 0.838. The second-order valence-corrected chi connectivity index (χ2v) is 5.70. The monoisotopic (exact) mass is 362 g/mol. The number of nitrogens with zero attached hydrogens (tertiary/aromatic N) is 1. The Labute approximate surface area is 148 Å². The van der Waals surface area contributed by atoms with Crippen LogP contribution in [-0.2, 0) is 9.53 Å². The number of rotatable bonds is 4. The molecule has 0 saturated heterocycles. The second-order valence-electron chi connectivity index (χ2n) is 4.85. The van der Waals surface area contributed by atoms with Gasteiger partial charge in [-0.15, -0.1) is 0 Å². The number of esters is 1. The van der Waals surface area contributed by atoms with Crippen molar-refractivity contribution in [2.45, 2.75) is 13.0 Å². The number of ether oxygens (including phenoxy) is 1. The summed E-state index contributed by atoms with van der Waals surface area (Å²) in [6.45, 7) is 1.43. The molecule has 7 heteroatoms. The molecule has 0 fully saturated rings. The van der Waals surface area contributed by atoms with Crippen molar-refractivity contribution in [3.05, 3.63) is 63.6 Å². The smallest absolute Gasteiger partial charge is 0.338 e. The standard InChI is InChI=1S/C17H12Cl2N2O3/c1-10(16(22)21-15-8-13(18)5-6-14(15)19)24-17(23)12-4-2-3-11(7-12)9-20/h2-8,10H,1H3,(H,21,22)/t10-/m1/s1. The molecule has 2 aromatic carbocycles. The van der Waals surface area contributed by atoms with E-state index in [1.807, 2.05) is 6.07 Å². The van der Waals surface area contributed by atoms with Crippen LogP contribution in [-0.4, -0.2) is 18.0 Å². The van der Waals surface area contributed by atoms with Gasteiger partial charge in [0.2, 0.25) is 0 Å². The minimum Gasteiger partial charge on any atom is -0.449 e. The van der Waals surface area contributed by atoms with Gasteiger partial charge in [0.1, 0.15) is 0 Å². The summed E-state index contributed by atoms with van der Waals surface area (Å²) in [5.74, 6) is -1.25. The Kier molecular flexibility index (Phi) is 5.80. The third kappa shape index (κ3) is 4.48. The van der Waals surface area contributed by atoms with Crippen molar-refractivity contribution in [1.29, 1.82) is 5.26 Å². The Morgan fingerprint density at radius 3 is 2.67 bits per heavy atom. The van der Waals surface area contributed by atoms with Crippen molar-refractivity contribution in [3.8, 4) is 6.07 Å². The van der Waals surface area contributed by atoms with E-state index in [1.54, 1.807) is 24.3 Å². The third-order valence-electron chi connectivity index (χ3n) is 3.07. The first kappa shape index (κ1) is 17.8. The van der Waals surface area contributed by atoms with E-state index in [9.17, 15) is 9.59 Å². The van der Waals surface area contributed by atoms with Crippen molar-refractivity contribution < 1.29 is 14.3 Å². The Morgan fingerprint density at radius 2 is 1.96 bits per heavy atom. The van der Waals surface area contributed by atoms with Crippen LogP contribution in [0.3, 0.4) is 0 Å². The summed E-state index contributed by atoms with van der Waals surface area (Å²) < 4.78 is 5.10. The van der Waals surface area contributed by atoms with E-state index in [2.05, 4.69) is 5.32 Å². The molecule has 1 amide bonds. The maximum atomic E-state index is 12.1. The molecule has 0 unspecified atom stereocenters. The van der Waals surface area contributed by atoms with Gasteiger partial charge in [0, 0.05) is 5.02 Å². The maximum absolute atomic E-state index is 12.1. The van der Waals surface area contributed by atoms with Crippen LogP contribution >= 0.6 is 23.2 Å². The maximum Gasteiger partial charge on any atom is 0.338 e. The molecule has 0 aliphatic heterocycles. The van der Waals surface area contributed by atoms with Gasteiger partial charge in [-0.05, 0) is 43.3 Å². The minimum atomic E-state index is -1.06. The van der Waals surface area contributed by atoms with Gasteiger partial charge in [-0.3, -0.25) is 4.79 Å². The highest BCUT2D eigenvalue weighted by molar-refractivity contribution is 6.35. The number of nitriles is 1. The first-order valence-electron chi connectivity index (χ1n) is 6.88. The number of hydrogen-bond donors (Lipinski definition) is 1. The zero-order valence-electron chi connectivity index (χ0n) is 12.5. The fourth-order valence-electron chi connectivity index (χ4n) is 1.83. The fraction of sp³-hybridized carbons (Fsp3) is 0.118. The lowest BCUT2D eigenvalue weighted by Gasteiger charge is -2.14. The summed E-state index contributed by atoms with van der Waals surface area (Å²) in [7, 11) is 0. The van der Waals surface area contributed by atoms with Crippen LogP contribution in [0.1, 0.15) is 22.8 Å². The number of benzene rings is 2. The molecule has 0 spiro atoms. The molecule has 1 N–H and O–H groups in total. The average Bonchev–Trinajstić information content (AvgIpc) is 2.58. The molecule has 5 nitrogen and oxygen atoms in total. The lowest BCUT2D eigenvalue weighted by molar-refractivity contribution is -0.123. The Bertz CT molecular complexity index is 831. The summed E-state index contributed by atoms with van der Waals surface area (Å²) in [6, 6.07) is 12.6. The van der Waals surface area contributed by atoms with Gasteiger partial charge >= 0.3 is 5.97 Å². The molecule has 0 saturated carbocycles. The van der Waals surface area contributed by atoms with Gasteiger partial charge in [0.05, 0.1) is 27.9 Å². The molecule has 0 aliphatic carbocycles. The van der Waals surface area contributed by atoms with E-state index in [4.69, 9.17) is 33.2 Å². The SMILES string of the molecule is C[C@@H](OC(=O)c1cccc(C#N)c1)C(=O)Nc1cc(Cl)ccc1Cl. The number of halogens is 2. The molecule has 24 heavy (non-hydrogen) atoms. The minimum absolute atomic E-state index is 0.189. The van der Waals surface area contributed by atoms with Crippen molar-refractivity contribution in [2.24, 2.45) is 0 Å². The van der Waals surface area contributed by atoms with Gasteiger partial charge < -0.3 is 10.1 Å². The summed E-state index contributed by atoms with van der Waals surface area (Å²) >= 11 is 11.8. The fourth-order valence-corrected chi connectivity index (χ4v) is 2.16. The van der Waals surface area contributed by atoms with Gasteiger partial charge in [0.25, 0.3) is 5.91 Å². The summed E-state index contributed by atoms with van der Waals surface area (Å²) in [5, 5.41) is 12.1. The highest BCUT2D eigenvalue weighted by atomic mass is 35.5. The zero-order chi connectivity index (χ0) is 17.7. The molecule has 2 aromatic rings. The van der Waals surface area contributed by atoms with Crippen LogP contribution in [0.15, 0.2) is 42.5 Å². The summed E-state index contributed by atoms with van der Waals surface area (Å²) in [4.78, 5) is 24.2. The quantitative estimate of drug-likeness (QED) is 0.832. The molecule has 122 valence electrons. The number of nitrogens with one attached hydrogen (secondary N) is 1. The van der Waals surface area contributed by atoms with Crippen LogP contribution in [0.4, 0.5) is 5.69 Å². The first-order chi connectivity index (χ1) is 11.4. The molecular weight excluding hydrogens is 351 g/mol. The van der Waals surface area contributed by atoms with Crippen molar-refractivity contribution >= 4 is 40.8 Å². The van der Waals surface area contributed by atoms with Crippen LogP contribution in [0, 0.1) is 11.3 Å². The molecule has 0 aromatic heterocycles. The van der Waals surface area contributed by atoms with Crippen LogP contribution in [0.2, 0.25) is 10.0 Å². The lowest BCUT2D eigenvalue weighted by Crippen LogP contribution is -2.30. The number of anilines is 1. The van der Waals surface area contributed by atoms with E-state index in [1.165, 1.54) is 25.1 Å². The highest BCUT2D eigenvalue weighted by Gasteiger charge is 2.20. The third-order valence-corrected chi connectivity index (χ3v) is 3.63. The number of carbonyl (C=O) groups excluding carboxylic acids is 2. The van der Waals surface area contributed by atoms with E-state index in [0.29, 0.717) is 21.3 Å². The van der Waals surface area contributed by atoms with Gasteiger partial charge in [-0.1, -0.05) is 29.3 Å². The van der Waals surface area contributed by atoms with Crippen molar-refractivity contribution in [3.63, 3.8) is 0 Å². The van der Waals surface area contributed by atoms with Crippen LogP contribution < -0.4 is 5.32 Å². The largest absolute Gasteiger partial charge is 0.449 e. The zero-order valence-corrected chi connectivity index (χ0v) is 14.1. The lowest BCUT2D eigenvalue weighted by atomic mass is 10.1.